The first kappa shape index (κ1) is 18.5. The Morgan fingerprint density at radius 3 is 2.24 bits per heavy atom. The highest BCUT2D eigenvalue weighted by atomic mass is 35.5. The second kappa shape index (κ2) is 8.39. The van der Waals surface area contributed by atoms with Crippen LogP contribution in [0.2, 0.25) is 10.0 Å². The van der Waals surface area contributed by atoms with Gasteiger partial charge in [-0.3, -0.25) is 14.5 Å². The van der Waals surface area contributed by atoms with Gasteiger partial charge in [0.1, 0.15) is 0 Å². The van der Waals surface area contributed by atoms with Crippen molar-refractivity contribution in [3.05, 3.63) is 33.8 Å². The van der Waals surface area contributed by atoms with E-state index in [1.54, 1.807) is 23.1 Å². The maximum absolute atomic E-state index is 12.6. The van der Waals surface area contributed by atoms with Crippen molar-refractivity contribution in [2.45, 2.75) is 19.3 Å². The normalized spacial score (nSPS) is 19.1. The Hall–Kier alpha value is -1.30. The number of hydrogen-bond acceptors (Lipinski definition) is 3. The number of rotatable bonds is 3. The first-order valence-corrected chi connectivity index (χ1v) is 9.55. The van der Waals surface area contributed by atoms with Crippen LogP contribution >= 0.6 is 23.2 Å². The highest BCUT2D eigenvalue weighted by molar-refractivity contribution is 6.43. The van der Waals surface area contributed by atoms with Crippen LogP contribution in [0, 0.1) is 0 Å². The molecule has 0 aliphatic carbocycles. The molecule has 0 radical (unpaired) electrons. The first-order chi connectivity index (χ1) is 12.1. The number of halogens is 2. The van der Waals surface area contributed by atoms with Crippen LogP contribution in [0.25, 0.3) is 0 Å². The van der Waals surface area contributed by atoms with E-state index in [4.69, 9.17) is 23.2 Å². The summed E-state index contributed by atoms with van der Waals surface area (Å²) < 4.78 is 0. The number of piperidine rings is 1. The SMILES string of the molecule is O=C(CN1CCN(C(=O)c2cccc(Cl)c2Cl)CC1)N1CCCCC1. The molecule has 2 amide bonds. The second-order valence-electron chi connectivity index (χ2n) is 6.61. The van der Waals surface area contributed by atoms with Crippen molar-refractivity contribution >= 4 is 35.0 Å². The number of benzene rings is 1. The van der Waals surface area contributed by atoms with E-state index in [0.29, 0.717) is 48.3 Å². The third-order valence-corrected chi connectivity index (χ3v) is 5.73. The zero-order valence-electron chi connectivity index (χ0n) is 14.2. The van der Waals surface area contributed by atoms with Crippen LogP contribution in [0.15, 0.2) is 18.2 Å². The van der Waals surface area contributed by atoms with Crippen molar-refractivity contribution in [3.8, 4) is 0 Å². The van der Waals surface area contributed by atoms with Crippen LogP contribution in [-0.2, 0) is 4.79 Å². The average Bonchev–Trinajstić information content (AvgIpc) is 2.65. The second-order valence-corrected chi connectivity index (χ2v) is 7.40. The Morgan fingerprint density at radius 1 is 0.880 bits per heavy atom. The molecule has 2 aliphatic heterocycles. The predicted octanol–water partition coefficient (Wildman–Crippen LogP) is 2.76. The van der Waals surface area contributed by atoms with Gasteiger partial charge in [-0.1, -0.05) is 29.3 Å². The summed E-state index contributed by atoms with van der Waals surface area (Å²) in [5, 5.41) is 0.690. The molecule has 0 N–H and O–H groups in total. The molecule has 1 aromatic rings. The summed E-state index contributed by atoms with van der Waals surface area (Å²) in [6.45, 7) is 4.78. The molecule has 2 heterocycles. The van der Waals surface area contributed by atoms with Gasteiger partial charge in [0.15, 0.2) is 0 Å². The number of nitrogens with zero attached hydrogens (tertiary/aromatic N) is 3. The highest BCUT2D eigenvalue weighted by Gasteiger charge is 2.26. The van der Waals surface area contributed by atoms with Gasteiger partial charge in [-0.15, -0.1) is 0 Å². The molecule has 0 aromatic heterocycles. The zero-order valence-corrected chi connectivity index (χ0v) is 15.7. The van der Waals surface area contributed by atoms with Gasteiger partial charge in [-0.25, -0.2) is 0 Å². The van der Waals surface area contributed by atoms with Crippen LogP contribution in [0.1, 0.15) is 29.6 Å². The van der Waals surface area contributed by atoms with Crippen LogP contribution in [0.4, 0.5) is 0 Å². The summed E-state index contributed by atoms with van der Waals surface area (Å²) in [6.07, 6.45) is 3.43. The molecule has 2 aliphatic rings. The minimum atomic E-state index is -0.102. The van der Waals surface area contributed by atoms with Gasteiger partial charge in [0.25, 0.3) is 5.91 Å². The molecule has 7 heteroatoms. The Bertz CT molecular complexity index is 639. The number of piperazine rings is 1. The molecule has 0 atom stereocenters. The Kier molecular flexibility index (Phi) is 6.20. The van der Waals surface area contributed by atoms with Crippen molar-refractivity contribution in [3.63, 3.8) is 0 Å². The summed E-state index contributed by atoms with van der Waals surface area (Å²) in [5.74, 6) is 0.104. The maximum atomic E-state index is 12.6. The molecule has 2 fully saturated rings. The Labute approximate surface area is 158 Å². The van der Waals surface area contributed by atoms with Gasteiger partial charge in [0.2, 0.25) is 5.91 Å². The van der Waals surface area contributed by atoms with Crippen LogP contribution < -0.4 is 0 Å². The van der Waals surface area contributed by atoms with Crippen molar-refractivity contribution in [2.75, 3.05) is 45.8 Å². The van der Waals surface area contributed by atoms with Crippen LogP contribution in [-0.4, -0.2) is 72.3 Å². The summed E-state index contributed by atoms with van der Waals surface area (Å²) >= 11 is 12.1. The number of amides is 2. The van der Waals surface area contributed by atoms with E-state index in [9.17, 15) is 9.59 Å². The number of carbonyl (C=O) groups is 2. The van der Waals surface area contributed by atoms with Gasteiger partial charge >= 0.3 is 0 Å². The van der Waals surface area contributed by atoms with E-state index in [0.717, 1.165) is 25.9 Å². The summed E-state index contributed by atoms with van der Waals surface area (Å²) in [4.78, 5) is 30.9. The van der Waals surface area contributed by atoms with E-state index in [1.807, 2.05) is 4.90 Å². The van der Waals surface area contributed by atoms with Crippen molar-refractivity contribution in [1.82, 2.24) is 14.7 Å². The average molecular weight is 384 g/mol. The van der Waals surface area contributed by atoms with Crippen LogP contribution in [0.3, 0.4) is 0 Å². The predicted molar refractivity (Wildman–Crippen MR) is 99.2 cm³/mol. The molecule has 25 heavy (non-hydrogen) atoms. The lowest BCUT2D eigenvalue weighted by molar-refractivity contribution is -0.133. The lowest BCUT2D eigenvalue weighted by Crippen LogP contribution is -2.52. The number of carbonyl (C=O) groups excluding carboxylic acids is 2. The quantitative estimate of drug-likeness (QED) is 0.805. The summed E-state index contributed by atoms with van der Waals surface area (Å²) in [6, 6.07) is 5.10. The molecule has 3 rings (SSSR count). The molecule has 0 saturated carbocycles. The molecule has 0 unspecified atom stereocenters. The van der Waals surface area contributed by atoms with Gasteiger partial charge in [0, 0.05) is 39.3 Å². The van der Waals surface area contributed by atoms with Gasteiger partial charge < -0.3 is 9.80 Å². The first-order valence-electron chi connectivity index (χ1n) is 8.79. The topological polar surface area (TPSA) is 43.9 Å². The number of likely N-dealkylation sites (tertiary alicyclic amines) is 1. The van der Waals surface area contributed by atoms with E-state index >= 15 is 0 Å². The maximum Gasteiger partial charge on any atom is 0.255 e. The fraction of sp³-hybridized carbons (Fsp3) is 0.556. The highest BCUT2D eigenvalue weighted by Crippen LogP contribution is 2.26. The van der Waals surface area contributed by atoms with Crippen molar-refractivity contribution in [1.29, 1.82) is 0 Å². The zero-order chi connectivity index (χ0) is 17.8. The molecule has 2 saturated heterocycles. The minimum Gasteiger partial charge on any atom is -0.342 e. The largest absolute Gasteiger partial charge is 0.342 e. The lowest BCUT2D eigenvalue weighted by Gasteiger charge is -2.36. The summed E-state index contributed by atoms with van der Waals surface area (Å²) in [7, 11) is 0. The fourth-order valence-corrected chi connectivity index (χ4v) is 3.76. The standard InChI is InChI=1S/C18H23Cl2N3O2/c19-15-6-4-5-14(17(15)20)18(25)23-11-9-21(10-12-23)13-16(24)22-7-2-1-3-8-22/h4-6H,1-3,7-13H2. The molecule has 0 spiro atoms. The van der Waals surface area contributed by atoms with Crippen molar-refractivity contribution in [2.24, 2.45) is 0 Å². The molecular weight excluding hydrogens is 361 g/mol. The molecule has 5 nitrogen and oxygen atoms in total. The lowest BCUT2D eigenvalue weighted by atomic mass is 10.1. The van der Waals surface area contributed by atoms with E-state index in [-0.39, 0.29) is 11.8 Å². The monoisotopic (exact) mass is 383 g/mol. The van der Waals surface area contributed by atoms with E-state index in [1.165, 1.54) is 6.42 Å². The van der Waals surface area contributed by atoms with E-state index < -0.39 is 0 Å². The summed E-state index contributed by atoms with van der Waals surface area (Å²) in [5.41, 5.74) is 0.437. The van der Waals surface area contributed by atoms with Gasteiger partial charge in [-0.2, -0.15) is 0 Å². The Morgan fingerprint density at radius 2 is 1.56 bits per heavy atom. The molecule has 136 valence electrons. The van der Waals surface area contributed by atoms with Gasteiger partial charge in [0.05, 0.1) is 22.2 Å². The smallest absolute Gasteiger partial charge is 0.255 e. The minimum absolute atomic E-state index is 0.102. The third kappa shape index (κ3) is 4.46. The van der Waals surface area contributed by atoms with Crippen LogP contribution in [0.5, 0.6) is 0 Å². The fourth-order valence-electron chi connectivity index (χ4n) is 3.38. The van der Waals surface area contributed by atoms with Crippen molar-refractivity contribution < 1.29 is 9.59 Å². The Balaban J connectivity index is 1.52. The third-order valence-electron chi connectivity index (χ3n) is 4.91. The van der Waals surface area contributed by atoms with E-state index in [2.05, 4.69) is 4.90 Å². The molecule has 1 aromatic carbocycles. The number of hydrogen-bond donors (Lipinski definition) is 0. The molecule has 0 bridgehead atoms. The molecular formula is C18H23Cl2N3O2. The van der Waals surface area contributed by atoms with Gasteiger partial charge in [-0.05, 0) is 31.4 Å².